The van der Waals surface area contributed by atoms with Crippen LogP contribution in [0.2, 0.25) is 0 Å². The van der Waals surface area contributed by atoms with Gasteiger partial charge in [0.25, 0.3) is 0 Å². The molecule has 1 aliphatic carbocycles. The molecule has 3 rings (SSSR count). The van der Waals surface area contributed by atoms with Gasteiger partial charge in [-0.1, -0.05) is 43.7 Å². The summed E-state index contributed by atoms with van der Waals surface area (Å²) in [4.78, 5) is 2.74. The summed E-state index contributed by atoms with van der Waals surface area (Å²) < 4.78 is 0. The van der Waals surface area contributed by atoms with Crippen LogP contribution in [0.1, 0.15) is 44.7 Å². The summed E-state index contributed by atoms with van der Waals surface area (Å²) >= 11 is 0. The minimum atomic E-state index is 0.559. The number of hydrogen-bond acceptors (Lipinski definition) is 2. The van der Waals surface area contributed by atoms with E-state index < -0.39 is 0 Å². The maximum absolute atomic E-state index is 3.65. The Hall–Kier alpha value is -0.860. The van der Waals surface area contributed by atoms with Crippen molar-refractivity contribution in [2.24, 2.45) is 11.8 Å². The fraction of sp³-hybridized carbons (Fsp3) is 0.667. The van der Waals surface area contributed by atoms with Crippen molar-refractivity contribution in [1.82, 2.24) is 10.2 Å². The molecule has 2 heteroatoms. The first-order valence-corrected chi connectivity index (χ1v) is 8.24. The van der Waals surface area contributed by atoms with E-state index in [1.807, 2.05) is 0 Å². The van der Waals surface area contributed by atoms with Gasteiger partial charge in [0.15, 0.2) is 0 Å². The third-order valence-electron chi connectivity index (χ3n) is 5.09. The molecule has 0 bridgehead atoms. The number of hydrogen-bond donors (Lipinski definition) is 1. The lowest BCUT2D eigenvalue weighted by atomic mass is 9.98. The molecule has 0 spiro atoms. The molecule has 0 aromatic heterocycles. The highest BCUT2D eigenvalue weighted by molar-refractivity contribution is 5.20. The molecule has 4 unspecified atom stereocenters. The fourth-order valence-corrected chi connectivity index (χ4v) is 4.01. The molecule has 2 aliphatic rings. The van der Waals surface area contributed by atoms with Crippen LogP contribution in [-0.2, 0) is 0 Å². The minimum Gasteiger partial charge on any atom is -0.311 e. The summed E-state index contributed by atoms with van der Waals surface area (Å²) in [6.45, 7) is 8.29. The van der Waals surface area contributed by atoms with Gasteiger partial charge in [-0.25, -0.2) is 0 Å². The van der Waals surface area contributed by atoms with Gasteiger partial charge in [-0.05, 0) is 37.2 Å². The molecule has 110 valence electrons. The van der Waals surface area contributed by atoms with Crippen LogP contribution in [-0.4, -0.2) is 30.6 Å². The molecule has 1 saturated heterocycles. The quantitative estimate of drug-likeness (QED) is 0.906. The predicted octanol–water partition coefficient (Wildman–Crippen LogP) is 3.46. The summed E-state index contributed by atoms with van der Waals surface area (Å²) in [5.74, 6) is 1.86. The summed E-state index contributed by atoms with van der Waals surface area (Å²) in [6, 6.07) is 12.2. The molecule has 20 heavy (non-hydrogen) atoms. The maximum Gasteiger partial charge on any atom is 0.0473 e. The molecule has 1 aliphatic heterocycles. The number of nitrogens with one attached hydrogen (secondary N) is 1. The van der Waals surface area contributed by atoms with Crippen molar-refractivity contribution in [3.8, 4) is 0 Å². The zero-order chi connectivity index (χ0) is 13.9. The maximum atomic E-state index is 3.65. The van der Waals surface area contributed by atoms with Crippen molar-refractivity contribution in [1.29, 1.82) is 0 Å². The highest BCUT2D eigenvalue weighted by Crippen LogP contribution is 2.33. The molecule has 1 aromatic rings. The zero-order valence-electron chi connectivity index (χ0n) is 12.9. The third kappa shape index (κ3) is 3.24. The van der Waals surface area contributed by atoms with Crippen LogP contribution < -0.4 is 5.32 Å². The van der Waals surface area contributed by atoms with Crippen LogP contribution in [0.4, 0.5) is 0 Å². The Balaban J connectivity index is 1.70. The molecular weight excluding hydrogens is 244 g/mol. The zero-order valence-corrected chi connectivity index (χ0v) is 12.9. The van der Waals surface area contributed by atoms with E-state index in [-0.39, 0.29) is 0 Å². The first-order valence-electron chi connectivity index (χ1n) is 8.24. The summed E-state index contributed by atoms with van der Waals surface area (Å²) in [5.41, 5.74) is 1.47. The molecule has 0 radical (unpaired) electrons. The van der Waals surface area contributed by atoms with Gasteiger partial charge in [-0.2, -0.15) is 0 Å². The van der Waals surface area contributed by atoms with Crippen molar-refractivity contribution < 1.29 is 0 Å². The topological polar surface area (TPSA) is 15.3 Å². The lowest BCUT2D eigenvalue weighted by Crippen LogP contribution is -2.52. The predicted molar refractivity (Wildman–Crippen MR) is 84.7 cm³/mol. The Labute approximate surface area is 123 Å². The summed E-state index contributed by atoms with van der Waals surface area (Å²) in [7, 11) is 0. The first-order chi connectivity index (χ1) is 9.72. The lowest BCUT2D eigenvalue weighted by molar-refractivity contribution is 0.114. The van der Waals surface area contributed by atoms with Gasteiger partial charge in [0.2, 0.25) is 0 Å². The molecule has 1 saturated carbocycles. The van der Waals surface area contributed by atoms with Crippen molar-refractivity contribution in [3.63, 3.8) is 0 Å². The van der Waals surface area contributed by atoms with Crippen molar-refractivity contribution in [2.45, 2.75) is 45.2 Å². The number of benzene rings is 1. The highest BCUT2D eigenvalue weighted by Gasteiger charge is 2.30. The van der Waals surface area contributed by atoms with Crippen molar-refractivity contribution in [3.05, 3.63) is 35.9 Å². The molecule has 1 N–H and O–H groups in total. The molecule has 1 heterocycles. The number of nitrogens with zero attached hydrogens (tertiary/aromatic N) is 1. The van der Waals surface area contributed by atoms with E-state index in [1.54, 1.807) is 0 Å². The van der Waals surface area contributed by atoms with Gasteiger partial charge in [-0.15, -0.1) is 0 Å². The van der Waals surface area contributed by atoms with Crippen LogP contribution in [0, 0.1) is 11.8 Å². The minimum absolute atomic E-state index is 0.559. The Kier molecular flexibility index (Phi) is 4.42. The van der Waals surface area contributed by atoms with Crippen molar-refractivity contribution >= 4 is 0 Å². The second-order valence-corrected chi connectivity index (χ2v) is 6.97. The van der Waals surface area contributed by atoms with Crippen LogP contribution in [0.3, 0.4) is 0 Å². The van der Waals surface area contributed by atoms with Gasteiger partial charge >= 0.3 is 0 Å². The van der Waals surface area contributed by atoms with Crippen LogP contribution in [0.25, 0.3) is 0 Å². The molecule has 4 atom stereocenters. The van der Waals surface area contributed by atoms with E-state index in [4.69, 9.17) is 0 Å². The first kappa shape index (κ1) is 14.1. The van der Waals surface area contributed by atoms with E-state index in [0.717, 1.165) is 18.4 Å². The van der Waals surface area contributed by atoms with Gasteiger partial charge in [0.1, 0.15) is 0 Å². The van der Waals surface area contributed by atoms with E-state index >= 15 is 0 Å². The SMILES string of the molecule is CC1CCC(CN2CC(C)NCC2c2ccccc2)C1. The molecule has 2 fully saturated rings. The van der Waals surface area contributed by atoms with E-state index in [0.29, 0.717) is 12.1 Å². The number of rotatable bonds is 3. The van der Waals surface area contributed by atoms with Crippen molar-refractivity contribution in [2.75, 3.05) is 19.6 Å². The van der Waals surface area contributed by atoms with E-state index in [1.165, 1.54) is 37.9 Å². The summed E-state index contributed by atoms with van der Waals surface area (Å²) in [5, 5.41) is 3.65. The monoisotopic (exact) mass is 272 g/mol. The highest BCUT2D eigenvalue weighted by atomic mass is 15.2. The van der Waals surface area contributed by atoms with Crippen LogP contribution in [0.5, 0.6) is 0 Å². The molecule has 1 aromatic carbocycles. The molecule has 0 amide bonds. The average molecular weight is 272 g/mol. The second kappa shape index (κ2) is 6.28. The Morgan fingerprint density at radius 2 is 1.95 bits per heavy atom. The second-order valence-electron chi connectivity index (χ2n) is 6.97. The lowest BCUT2D eigenvalue weighted by Gasteiger charge is -2.41. The molecule has 2 nitrogen and oxygen atoms in total. The van der Waals surface area contributed by atoms with Gasteiger partial charge in [0, 0.05) is 31.7 Å². The van der Waals surface area contributed by atoms with E-state index in [9.17, 15) is 0 Å². The van der Waals surface area contributed by atoms with E-state index in [2.05, 4.69) is 54.4 Å². The third-order valence-corrected chi connectivity index (χ3v) is 5.09. The Morgan fingerprint density at radius 3 is 2.65 bits per heavy atom. The van der Waals surface area contributed by atoms with Crippen LogP contribution >= 0.6 is 0 Å². The summed E-state index contributed by atoms with van der Waals surface area (Å²) in [6.07, 6.45) is 4.29. The van der Waals surface area contributed by atoms with Crippen LogP contribution in [0.15, 0.2) is 30.3 Å². The van der Waals surface area contributed by atoms with Gasteiger partial charge in [-0.3, -0.25) is 4.90 Å². The number of piperazine rings is 1. The Bertz CT molecular complexity index is 417. The largest absolute Gasteiger partial charge is 0.311 e. The normalized spacial score (nSPS) is 35.3. The van der Waals surface area contributed by atoms with Gasteiger partial charge < -0.3 is 5.32 Å². The standard InChI is InChI=1S/C18H28N2/c1-14-8-9-16(10-14)13-20-12-15(2)19-11-18(20)17-6-4-3-5-7-17/h3-7,14-16,18-19H,8-13H2,1-2H3. The molecular formula is C18H28N2. The Morgan fingerprint density at radius 1 is 1.15 bits per heavy atom. The average Bonchev–Trinajstić information content (AvgIpc) is 2.85. The van der Waals surface area contributed by atoms with Gasteiger partial charge in [0.05, 0.1) is 0 Å². The smallest absolute Gasteiger partial charge is 0.0473 e. The fourth-order valence-electron chi connectivity index (χ4n) is 4.01.